The van der Waals surface area contributed by atoms with E-state index in [0.29, 0.717) is 29.9 Å². The van der Waals surface area contributed by atoms with Crippen LogP contribution in [0.4, 0.5) is 4.39 Å². The second-order valence-corrected chi connectivity index (χ2v) is 5.96. The first-order chi connectivity index (χ1) is 9.99. The zero-order valence-electron chi connectivity index (χ0n) is 12.6. The first-order valence-corrected chi connectivity index (χ1v) is 7.49. The van der Waals surface area contributed by atoms with Gasteiger partial charge in [0.2, 0.25) is 0 Å². The second kappa shape index (κ2) is 6.26. The lowest BCUT2D eigenvalue weighted by Gasteiger charge is -2.35. The molecule has 1 amide bonds. The maximum atomic E-state index is 13.3. The van der Waals surface area contributed by atoms with Gasteiger partial charge in [0.25, 0.3) is 5.91 Å². The third-order valence-electron chi connectivity index (χ3n) is 4.52. The van der Waals surface area contributed by atoms with Crippen molar-refractivity contribution in [3.05, 3.63) is 35.1 Å². The Balaban J connectivity index is 2.10. The van der Waals surface area contributed by atoms with Crippen molar-refractivity contribution in [1.29, 1.82) is 5.26 Å². The molecule has 1 fully saturated rings. The minimum atomic E-state index is -0.773. The van der Waals surface area contributed by atoms with E-state index in [1.807, 2.05) is 0 Å². The molecular formula is C17H21FN2O. The molecule has 2 rings (SSSR count). The highest BCUT2D eigenvalue weighted by Crippen LogP contribution is 2.33. The fraction of sp³-hybridized carbons (Fsp3) is 0.529. The Morgan fingerprint density at radius 1 is 1.48 bits per heavy atom. The van der Waals surface area contributed by atoms with Gasteiger partial charge in [-0.15, -0.1) is 0 Å². The van der Waals surface area contributed by atoms with Crippen molar-refractivity contribution in [3.63, 3.8) is 0 Å². The quantitative estimate of drug-likeness (QED) is 0.921. The second-order valence-electron chi connectivity index (χ2n) is 5.96. The molecule has 112 valence electrons. The maximum absolute atomic E-state index is 13.3. The number of rotatable bonds is 3. The van der Waals surface area contributed by atoms with Crippen molar-refractivity contribution in [2.24, 2.45) is 5.92 Å². The standard InChI is InChI=1S/C17H21FN2O/c1-3-13-6-8-17(11-19,9-7-13)20-16(21)14-4-5-15(18)12(2)10-14/h4-5,10,13H,3,6-9H2,1-2H3,(H,20,21). The molecule has 3 nitrogen and oxygen atoms in total. The van der Waals surface area contributed by atoms with Crippen LogP contribution in [0.3, 0.4) is 0 Å². The van der Waals surface area contributed by atoms with Gasteiger partial charge in [-0.2, -0.15) is 5.26 Å². The van der Waals surface area contributed by atoms with E-state index in [9.17, 15) is 14.4 Å². The summed E-state index contributed by atoms with van der Waals surface area (Å²) in [5.41, 5.74) is 0.0647. The third kappa shape index (κ3) is 3.41. The molecular weight excluding hydrogens is 267 g/mol. The number of amides is 1. The molecule has 1 aliphatic carbocycles. The molecule has 21 heavy (non-hydrogen) atoms. The van der Waals surface area contributed by atoms with Crippen LogP contribution in [-0.2, 0) is 0 Å². The Morgan fingerprint density at radius 3 is 2.67 bits per heavy atom. The van der Waals surface area contributed by atoms with Crippen LogP contribution in [-0.4, -0.2) is 11.4 Å². The molecule has 0 heterocycles. The number of carbonyl (C=O) groups is 1. The number of hydrogen-bond acceptors (Lipinski definition) is 2. The number of halogens is 1. The smallest absolute Gasteiger partial charge is 0.252 e. The fourth-order valence-electron chi connectivity index (χ4n) is 2.92. The molecule has 0 atom stereocenters. The topological polar surface area (TPSA) is 52.9 Å². The summed E-state index contributed by atoms with van der Waals surface area (Å²) in [5.74, 6) is 0.0241. The fourth-order valence-corrected chi connectivity index (χ4v) is 2.92. The summed E-state index contributed by atoms with van der Waals surface area (Å²) in [5, 5.41) is 12.3. The van der Waals surface area contributed by atoms with E-state index < -0.39 is 5.54 Å². The van der Waals surface area contributed by atoms with Crippen molar-refractivity contribution >= 4 is 5.91 Å². The van der Waals surface area contributed by atoms with Crippen molar-refractivity contribution in [1.82, 2.24) is 5.32 Å². The van der Waals surface area contributed by atoms with E-state index in [1.54, 1.807) is 6.92 Å². The molecule has 4 heteroatoms. The van der Waals surface area contributed by atoms with E-state index in [-0.39, 0.29) is 11.7 Å². The zero-order valence-corrected chi connectivity index (χ0v) is 12.6. The molecule has 0 bridgehead atoms. The van der Waals surface area contributed by atoms with Gasteiger partial charge in [0.05, 0.1) is 6.07 Å². The molecule has 1 N–H and O–H groups in total. The van der Waals surface area contributed by atoms with Crippen LogP contribution < -0.4 is 5.32 Å². The van der Waals surface area contributed by atoms with Gasteiger partial charge in [-0.3, -0.25) is 4.79 Å². The summed E-state index contributed by atoms with van der Waals surface area (Å²) in [6, 6.07) is 6.55. The van der Waals surface area contributed by atoms with Gasteiger partial charge in [0.1, 0.15) is 11.4 Å². The van der Waals surface area contributed by atoms with Gasteiger partial charge in [-0.1, -0.05) is 13.3 Å². The lowest BCUT2D eigenvalue weighted by Crippen LogP contribution is -2.49. The number of benzene rings is 1. The molecule has 1 aromatic rings. The Hall–Kier alpha value is -1.89. The summed E-state index contributed by atoms with van der Waals surface area (Å²) in [6.45, 7) is 3.78. The monoisotopic (exact) mass is 288 g/mol. The van der Waals surface area contributed by atoms with E-state index in [2.05, 4.69) is 18.3 Å². The number of nitrogens with zero attached hydrogens (tertiary/aromatic N) is 1. The molecule has 0 aliphatic heterocycles. The van der Waals surface area contributed by atoms with Crippen molar-refractivity contribution < 1.29 is 9.18 Å². The number of aryl methyl sites for hydroxylation is 1. The molecule has 1 saturated carbocycles. The lowest BCUT2D eigenvalue weighted by molar-refractivity contribution is 0.0891. The van der Waals surface area contributed by atoms with Crippen molar-refractivity contribution in [3.8, 4) is 6.07 Å². The predicted molar refractivity (Wildman–Crippen MR) is 79.2 cm³/mol. The van der Waals surface area contributed by atoms with Gasteiger partial charge in [0.15, 0.2) is 0 Å². The van der Waals surface area contributed by atoms with Crippen LogP contribution in [0.5, 0.6) is 0 Å². The lowest BCUT2D eigenvalue weighted by atomic mass is 9.76. The van der Waals surface area contributed by atoms with Crippen LogP contribution in [0.1, 0.15) is 54.9 Å². The first kappa shape index (κ1) is 15.5. The minimum absolute atomic E-state index is 0.297. The van der Waals surface area contributed by atoms with Gasteiger partial charge in [-0.05, 0) is 62.3 Å². The van der Waals surface area contributed by atoms with Gasteiger partial charge < -0.3 is 5.32 Å². The number of hydrogen-bond donors (Lipinski definition) is 1. The predicted octanol–water partition coefficient (Wildman–Crippen LogP) is 3.73. The average Bonchev–Trinajstić information content (AvgIpc) is 2.50. The van der Waals surface area contributed by atoms with Gasteiger partial charge >= 0.3 is 0 Å². The van der Waals surface area contributed by atoms with Crippen LogP contribution in [0.15, 0.2) is 18.2 Å². The molecule has 0 saturated heterocycles. The number of nitrogens with one attached hydrogen (secondary N) is 1. The Labute approximate surface area is 125 Å². The highest BCUT2D eigenvalue weighted by molar-refractivity contribution is 5.95. The highest BCUT2D eigenvalue weighted by atomic mass is 19.1. The summed E-state index contributed by atoms with van der Waals surface area (Å²) in [4.78, 5) is 12.3. The molecule has 0 spiro atoms. The van der Waals surface area contributed by atoms with Crippen LogP contribution in [0, 0.1) is 30.0 Å². The van der Waals surface area contributed by atoms with Crippen LogP contribution in [0.2, 0.25) is 0 Å². The van der Waals surface area contributed by atoms with E-state index >= 15 is 0 Å². The van der Waals surface area contributed by atoms with Crippen molar-refractivity contribution in [2.45, 2.75) is 51.5 Å². The summed E-state index contributed by atoms with van der Waals surface area (Å²) in [7, 11) is 0. The largest absolute Gasteiger partial charge is 0.334 e. The Kier molecular flexibility index (Phi) is 4.62. The average molecular weight is 288 g/mol. The van der Waals surface area contributed by atoms with Gasteiger partial charge in [0, 0.05) is 5.56 Å². The normalized spacial score (nSPS) is 25.1. The Morgan fingerprint density at radius 2 is 2.14 bits per heavy atom. The van der Waals surface area contributed by atoms with Crippen LogP contribution in [0.25, 0.3) is 0 Å². The third-order valence-corrected chi connectivity index (χ3v) is 4.52. The summed E-state index contributed by atoms with van der Waals surface area (Å²) >= 11 is 0. The zero-order chi connectivity index (χ0) is 15.5. The molecule has 0 radical (unpaired) electrons. The van der Waals surface area contributed by atoms with Crippen molar-refractivity contribution in [2.75, 3.05) is 0 Å². The van der Waals surface area contributed by atoms with E-state index in [4.69, 9.17) is 0 Å². The first-order valence-electron chi connectivity index (χ1n) is 7.49. The Bertz CT molecular complexity index is 569. The molecule has 1 aliphatic rings. The number of nitriles is 1. The molecule has 1 aromatic carbocycles. The minimum Gasteiger partial charge on any atom is -0.334 e. The maximum Gasteiger partial charge on any atom is 0.252 e. The SMILES string of the molecule is CCC1CCC(C#N)(NC(=O)c2ccc(F)c(C)c2)CC1. The summed E-state index contributed by atoms with van der Waals surface area (Å²) in [6.07, 6.45) is 4.42. The highest BCUT2D eigenvalue weighted by Gasteiger charge is 2.36. The summed E-state index contributed by atoms with van der Waals surface area (Å²) < 4.78 is 13.3. The molecule has 0 aromatic heterocycles. The van der Waals surface area contributed by atoms with Crippen LogP contribution >= 0.6 is 0 Å². The van der Waals surface area contributed by atoms with Gasteiger partial charge in [-0.25, -0.2) is 4.39 Å². The molecule has 0 unspecified atom stereocenters. The van der Waals surface area contributed by atoms with E-state index in [0.717, 1.165) is 19.3 Å². The number of carbonyl (C=O) groups excluding carboxylic acids is 1. The van der Waals surface area contributed by atoms with E-state index in [1.165, 1.54) is 18.2 Å².